The van der Waals surface area contributed by atoms with Gasteiger partial charge in [0.15, 0.2) is 0 Å². The summed E-state index contributed by atoms with van der Waals surface area (Å²) in [6.45, 7) is 1.80. The van der Waals surface area contributed by atoms with Gasteiger partial charge < -0.3 is 14.0 Å². The summed E-state index contributed by atoms with van der Waals surface area (Å²) in [6.07, 6.45) is 2.18. The lowest BCUT2D eigenvalue weighted by Gasteiger charge is -2.22. The number of nitrogens with zero attached hydrogens (tertiary/aromatic N) is 2. The summed E-state index contributed by atoms with van der Waals surface area (Å²) in [6, 6.07) is 4.36. The van der Waals surface area contributed by atoms with Gasteiger partial charge in [-0.2, -0.15) is 0 Å². The summed E-state index contributed by atoms with van der Waals surface area (Å²) in [5.41, 5.74) is 1.28. The van der Waals surface area contributed by atoms with Crippen molar-refractivity contribution >= 4 is 22.9 Å². The molecule has 3 rings (SSSR count). The second-order valence-corrected chi connectivity index (χ2v) is 5.61. The quantitative estimate of drug-likeness (QED) is 0.917. The molecule has 0 aliphatic carbocycles. The van der Waals surface area contributed by atoms with Gasteiger partial charge in [0.2, 0.25) is 11.9 Å². The summed E-state index contributed by atoms with van der Waals surface area (Å²) >= 11 is 0. The molecule has 0 bridgehead atoms. The molecule has 7 heteroatoms. The van der Waals surface area contributed by atoms with Crippen LogP contribution in [0.2, 0.25) is 0 Å². The first kappa shape index (κ1) is 15.9. The Bertz CT molecular complexity index is 695. The maximum Gasteiger partial charge on any atom is 0.229 e. The van der Waals surface area contributed by atoms with E-state index in [2.05, 4.69) is 10.3 Å². The topological polar surface area (TPSA) is 65.4 Å². The third kappa shape index (κ3) is 3.86. The minimum absolute atomic E-state index is 0.170. The van der Waals surface area contributed by atoms with Gasteiger partial charge in [-0.25, -0.2) is 9.37 Å². The van der Waals surface area contributed by atoms with Crippen molar-refractivity contribution in [2.45, 2.75) is 25.4 Å². The largest absolute Gasteiger partial charge is 0.381 e. The zero-order valence-corrected chi connectivity index (χ0v) is 13.0. The molecule has 0 spiro atoms. The van der Waals surface area contributed by atoms with E-state index < -0.39 is 0 Å². The first-order valence-corrected chi connectivity index (χ1v) is 7.74. The van der Waals surface area contributed by atoms with E-state index in [1.54, 1.807) is 17.7 Å². The van der Waals surface area contributed by atoms with Gasteiger partial charge in [0.1, 0.15) is 5.82 Å². The van der Waals surface area contributed by atoms with Crippen molar-refractivity contribution in [3.8, 4) is 0 Å². The molecule has 1 N–H and O–H groups in total. The van der Waals surface area contributed by atoms with Gasteiger partial charge in [0, 0.05) is 26.3 Å². The fraction of sp³-hybridized carbons (Fsp3) is 0.500. The first-order chi connectivity index (χ1) is 11.1. The summed E-state index contributed by atoms with van der Waals surface area (Å²) in [5, 5.41) is 2.74. The molecule has 1 aliphatic rings. The lowest BCUT2D eigenvalue weighted by Crippen LogP contribution is -2.25. The Balaban J connectivity index is 1.54. The Hall–Kier alpha value is -1.99. The number of amides is 1. The normalized spacial score (nSPS) is 15.9. The van der Waals surface area contributed by atoms with Crippen molar-refractivity contribution in [1.82, 2.24) is 9.55 Å². The summed E-state index contributed by atoms with van der Waals surface area (Å²) < 4.78 is 25.9. The second kappa shape index (κ2) is 7.06. The molecule has 0 unspecified atom stereocenters. The number of ether oxygens (including phenoxy) is 2. The Labute approximate surface area is 133 Å². The van der Waals surface area contributed by atoms with Crippen LogP contribution in [0.4, 0.5) is 10.3 Å². The van der Waals surface area contributed by atoms with Crippen LogP contribution < -0.4 is 5.32 Å². The lowest BCUT2D eigenvalue weighted by atomic mass is 10.1. The highest BCUT2D eigenvalue weighted by Gasteiger charge is 2.15. The smallest absolute Gasteiger partial charge is 0.229 e. The van der Waals surface area contributed by atoms with Crippen molar-refractivity contribution < 1.29 is 18.7 Å². The molecule has 124 valence electrons. The molecule has 0 saturated carbocycles. The highest BCUT2D eigenvalue weighted by Crippen LogP contribution is 2.19. The predicted octanol–water partition coefficient (Wildman–Crippen LogP) is 2.24. The number of nitrogens with one attached hydrogen (secondary N) is 1. The number of hydrogen-bond acceptors (Lipinski definition) is 4. The number of halogens is 1. The molecular formula is C16H20FN3O3. The molecule has 1 fully saturated rings. The fourth-order valence-electron chi connectivity index (χ4n) is 2.63. The van der Waals surface area contributed by atoms with Gasteiger partial charge in [-0.3, -0.25) is 10.1 Å². The van der Waals surface area contributed by atoms with Crippen LogP contribution in [0.25, 0.3) is 11.0 Å². The highest BCUT2D eigenvalue weighted by atomic mass is 19.1. The maximum atomic E-state index is 13.2. The van der Waals surface area contributed by atoms with Gasteiger partial charge >= 0.3 is 0 Å². The van der Waals surface area contributed by atoms with Gasteiger partial charge in [-0.05, 0) is 25.0 Å². The average Bonchev–Trinajstić information content (AvgIpc) is 2.83. The number of aryl methyl sites for hydroxylation is 1. The zero-order chi connectivity index (χ0) is 16.2. The molecule has 0 atom stereocenters. The third-order valence-corrected chi connectivity index (χ3v) is 3.95. The van der Waals surface area contributed by atoms with Crippen LogP contribution >= 0.6 is 0 Å². The standard InChI is InChI=1S/C16H20FN3O3/c1-20-14-3-2-11(17)10-13(14)18-16(20)19-15(21)6-9-23-12-4-7-22-8-5-12/h2-3,10,12H,4-9H2,1H3,(H,18,19,21). The molecular weight excluding hydrogens is 301 g/mol. The van der Waals surface area contributed by atoms with E-state index >= 15 is 0 Å². The molecule has 23 heavy (non-hydrogen) atoms. The Morgan fingerprint density at radius 2 is 2.26 bits per heavy atom. The van der Waals surface area contributed by atoms with Gasteiger partial charge in [0.05, 0.1) is 30.2 Å². The number of benzene rings is 1. The van der Waals surface area contributed by atoms with E-state index in [0.717, 1.165) is 18.4 Å². The number of imidazole rings is 1. The molecule has 1 saturated heterocycles. The second-order valence-electron chi connectivity index (χ2n) is 5.61. The van der Waals surface area contributed by atoms with E-state index in [4.69, 9.17) is 9.47 Å². The highest BCUT2D eigenvalue weighted by molar-refractivity contribution is 5.91. The van der Waals surface area contributed by atoms with Crippen LogP contribution in [0.3, 0.4) is 0 Å². The number of hydrogen-bond donors (Lipinski definition) is 1. The van der Waals surface area contributed by atoms with Crippen molar-refractivity contribution in [2.24, 2.45) is 7.05 Å². The van der Waals surface area contributed by atoms with Crippen molar-refractivity contribution in [2.75, 3.05) is 25.1 Å². The zero-order valence-electron chi connectivity index (χ0n) is 13.0. The summed E-state index contributed by atoms with van der Waals surface area (Å²) in [7, 11) is 1.78. The predicted molar refractivity (Wildman–Crippen MR) is 83.7 cm³/mol. The third-order valence-electron chi connectivity index (χ3n) is 3.95. The Morgan fingerprint density at radius 1 is 1.48 bits per heavy atom. The van der Waals surface area contributed by atoms with Crippen LogP contribution in [0, 0.1) is 5.82 Å². The van der Waals surface area contributed by atoms with Crippen LogP contribution in [0.1, 0.15) is 19.3 Å². The van der Waals surface area contributed by atoms with E-state index in [1.807, 2.05) is 0 Å². The van der Waals surface area contributed by atoms with Crippen LogP contribution in [0.5, 0.6) is 0 Å². The molecule has 1 aromatic heterocycles. The number of aromatic nitrogens is 2. The molecule has 2 heterocycles. The molecule has 1 aliphatic heterocycles. The average molecular weight is 321 g/mol. The van der Waals surface area contributed by atoms with Crippen molar-refractivity contribution in [1.29, 1.82) is 0 Å². The van der Waals surface area contributed by atoms with Gasteiger partial charge in [0.25, 0.3) is 0 Å². The Kier molecular flexibility index (Phi) is 4.88. The number of rotatable bonds is 5. The molecule has 0 radical (unpaired) electrons. The van der Waals surface area contributed by atoms with Crippen LogP contribution in [0.15, 0.2) is 18.2 Å². The van der Waals surface area contributed by atoms with Crippen molar-refractivity contribution in [3.63, 3.8) is 0 Å². The minimum atomic E-state index is -0.349. The SMILES string of the molecule is Cn1c(NC(=O)CCOC2CCOCC2)nc2cc(F)ccc21. The number of carbonyl (C=O) groups is 1. The fourth-order valence-corrected chi connectivity index (χ4v) is 2.63. The summed E-state index contributed by atoms with van der Waals surface area (Å²) in [4.78, 5) is 16.3. The van der Waals surface area contributed by atoms with Crippen molar-refractivity contribution in [3.05, 3.63) is 24.0 Å². The lowest BCUT2D eigenvalue weighted by molar-refractivity contribution is -0.118. The summed E-state index contributed by atoms with van der Waals surface area (Å²) in [5.74, 6) is -0.115. The van der Waals surface area contributed by atoms with Gasteiger partial charge in [-0.1, -0.05) is 0 Å². The van der Waals surface area contributed by atoms with Crippen LogP contribution in [-0.2, 0) is 21.3 Å². The van der Waals surface area contributed by atoms with Crippen LogP contribution in [-0.4, -0.2) is 41.4 Å². The molecule has 6 nitrogen and oxygen atoms in total. The van der Waals surface area contributed by atoms with E-state index in [0.29, 0.717) is 31.3 Å². The monoisotopic (exact) mass is 321 g/mol. The minimum Gasteiger partial charge on any atom is -0.381 e. The van der Waals surface area contributed by atoms with E-state index in [1.165, 1.54) is 12.1 Å². The number of anilines is 1. The molecule has 1 aromatic carbocycles. The van der Waals surface area contributed by atoms with E-state index in [9.17, 15) is 9.18 Å². The number of fused-ring (bicyclic) bond motifs is 1. The van der Waals surface area contributed by atoms with Gasteiger partial charge in [-0.15, -0.1) is 0 Å². The molecule has 1 amide bonds. The van der Waals surface area contributed by atoms with E-state index in [-0.39, 0.29) is 24.2 Å². The molecule has 2 aromatic rings. The number of carbonyl (C=O) groups excluding carboxylic acids is 1. The Morgan fingerprint density at radius 3 is 3.04 bits per heavy atom. The maximum absolute atomic E-state index is 13.2. The first-order valence-electron chi connectivity index (χ1n) is 7.74.